The molecule has 1 fully saturated rings. The lowest BCUT2D eigenvalue weighted by Gasteiger charge is -2.36. The zero-order valence-corrected chi connectivity index (χ0v) is 16.6. The monoisotopic (exact) mass is 400 g/mol. The highest BCUT2D eigenvalue weighted by Crippen LogP contribution is 2.36. The van der Waals surface area contributed by atoms with Gasteiger partial charge >= 0.3 is 5.97 Å². The van der Waals surface area contributed by atoms with E-state index < -0.39 is 24.3 Å². The number of hydrogen-bond acceptors (Lipinski definition) is 4. The SMILES string of the molecule is CC1CN(CC2CCC(c3ccccc3)CC2)C(=O)C(C(=O)NCC(=O)O)=C1O. The van der Waals surface area contributed by atoms with Gasteiger partial charge in [-0.3, -0.25) is 14.4 Å². The lowest BCUT2D eigenvalue weighted by atomic mass is 9.78. The van der Waals surface area contributed by atoms with Crippen molar-refractivity contribution in [3.05, 3.63) is 47.2 Å². The molecule has 1 aliphatic carbocycles. The fraction of sp³-hybridized carbons (Fsp3) is 0.500. The molecule has 0 aromatic heterocycles. The van der Waals surface area contributed by atoms with Gasteiger partial charge in [0.05, 0.1) is 0 Å². The fourth-order valence-corrected chi connectivity index (χ4v) is 4.34. The molecule has 1 aromatic carbocycles. The molecule has 1 unspecified atom stereocenters. The number of aliphatic carboxylic acids is 1. The molecule has 0 bridgehead atoms. The largest absolute Gasteiger partial charge is 0.511 e. The molecule has 3 N–H and O–H groups in total. The van der Waals surface area contributed by atoms with Crippen molar-refractivity contribution in [2.75, 3.05) is 19.6 Å². The molecule has 29 heavy (non-hydrogen) atoms. The zero-order valence-electron chi connectivity index (χ0n) is 16.6. The molecule has 1 saturated carbocycles. The molecule has 1 aromatic rings. The molecular weight excluding hydrogens is 372 g/mol. The lowest BCUT2D eigenvalue weighted by molar-refractivity contribution is -0.139. The minimum atomic E-state index is -1.21. The van der Waals surface area contributed by atoms with E-state index in [4.69, 9.17) is 5.11 Å². The number of nitrogens with zero attached hydrogens (tertiary/aromatic N) is 1. The average molecular weight is 400 g/mol. The Kier molecular flexibility index (Phi) is 6.56. The number of aliphatic hydroxyl groups is 1. The van der Waals surface area contributed by atoms with Crippen LogP contribution in [0.1, 0.15) is 44.1 Å². The molecule has 1 atom stereocenters. The first-order valence-corrected chi connectivity index (χ1v) is 10.1. The van der Waals surface area contributed by atoms with Crippen LogP contribution in [0.25, 0.3) is 0 Å². The zero-order chi connectivity index (χ0) is 21.0. The molecule has 1 heterocycles. The smallest absolute Gasteiger partial charge is 0.322 e. The van der Waals surface area contributed by atoms with Gasteiger partial charge in [-0.1, -0.05) is 37.3 Å². The number of hydrogen-bond donors (Lipinski definition) is 3. The van der Waals surface area contributed by atoms with Gasteiger partial charge in [0.1, 0.15) is 17.9 Å². The first-order valence-electron chi connectivity index (χ1n) is 10.1. The van der Waals surface area contributed by atoms with Gasteiger partial charge in [-0.2, -0.15) is 0 Å². The van der Waals surface area contributed by atoms with Crippen LogP contribution >= 0.6 is 0 Å². The number of carboxylic acid groups (broad SMARTS) is 1. The van der Waals surface area contributed by atoms with Crippen LogP contribution in [0.15, 0.2) is 41.7 Å². The van der Waals surface area contributed by atoms with Gasteiger partial charge in [0, 0.05) is 19.0 Å². The Morgan fingerprint density at radius 3 is 2.41 bits per heavy atom. The van der Waals surface area contributed by atoms with Crippen molar-refractivity contribution < 1.29 is 24.6 Å². The van der Waals surface area contributed by atoms with Crippen molar-refractivity contribution in [2.45, 2.75) is 38.5 Å². The summed E-state index contributed by atoms with van der Waals surface area (Å²) in [5, 5.41) is 21.2. The molecule has 2 amide bonds. The molecule has 2 aliphatic rings. The van der Waals surface area contributed by atoms with Crippen LogP contribution < -0.4 is 5.32 Å². The summed E-state index contributed by atoms with van der Waals surface area (Å²) in [7, 11) is 0. The summed E-state index contributed by atoms with van der Waals surface area (Å²) in [6.07, 6.45) is 4.15. The number of nitrogens with one attached hydrogen (secondary N) is 1. The number of carbonyl (C=O) groups excluding carboxylic acids is 2. The predicted molar refractivity (Wildman–Crippen MR) is 107 cm³/mol. The highest BCUT2D eigenvalue weighted by Gasteiger charge is 2.37. The van der Waals surface area contributed by atoms with Gasteiger partial charge in [0.25, 0.3) is 11.8 Å². The van der Waals surface area contributed by atoms with Gasteiger partial charge in [-0.25, -0.2) is 0 Å². The Bertz CT molecular complexity index is 797. The molecule has 3 rings (SSSR count). The second kappa shape index (κ2) is 9.11. The highest BCUT2D eigenvalue weighted by molar-refractivity contribution is 6.19. The maximum absolute atomic E-state index is 12.8. The van der Waals surface area contributed by atoms with Crippen molar-refractivity contribution in [2.24, 2.45) is 11.8 Å². The number of amides is 2. The lowest BCUT2D eigenvalue weighted by Crippen LogP contribution is -2.48. The van der Waals surface area contributed by atoms with E-state index in [1.807, 2.05) is 6.07 Å². The van der Waals surface area contributed by atoms with Crippen LogP contribution in [0.4, 0.5) is 0 Å². The Morgan fingerprint density at radius 1 is 1.14 bits per heavy atom. The van der Waals surface area contributed by atoms with E-state index in [9.17, 15) is 19.5 Å². The summed E-state index contributed by atoms with van der Waals surface area (Å²) in [5.41, 5.74) is 1.03. The number of benzene rings is 1. The van der Waals surface area contributed by atoms with Crippen LogP contribution in [-0.2, 0) is 14.4 Å². The molecule has 0 spiro atoms. The second-order valence-corrected chi connectivity index (χ2v) is 8.08. The van der Waals surface area contributed by atoms with Crippen molar-refractivity contribution >= 4 is 17.8 Å². The third-order valence-corrected chi connectivity index (χ3v) is 5.94. The number of carboxylic acids is 1. The van der Waals surface area contributed by atoms with E-state index >= 15 is 0 Å². The van der Waals surface area contributed by atoms with Gasteiger partial charge in [0.2, 0.25) is 0 Å². The second-order valence-electron chi connectivity index (χ2n) is 8.08. The summed E-state index contributed by atoms with van der Waals surface area (Å²) >= 11 is 0. The third-order valence-electron chi connectivity index (χ3n) is 5.94. The van der Waals surface area contributed by atoms with Crippen LogP contribution in [-0.4, -0.2) is 52.5 Å². The molecule has 0 radical (unpaired) electrons. The van der Waals surface area contributed by atoms with Crippen molar-refractivity contribution in [1.82, 2.24) is 10.2 Å². The number of aliphatic hydroxyl groups excluding tert-OH is 1. The van der Waals surface area contributed by atoms with Crippen molar-refractivity contribution in [3.63, 3.8) is 0 Å². The summed E-state index contributed by atoms with van der Waals surface area (Å²) in [4.78, 5) is 37.4. The predicted octanol–water partition coefficient (Wildman–Crippen LogP) is 2.45. The quantitative estimate of drug-likeness (QED) is 0.636. The first kappa shape index (κ1) is 20.9. The Morgan fingerprint density at radius 2 is 1.79 bits per heavy atom. The Balaban J connectivity index is 1.61. The normalized spacial score (nSPS) is 25.1. The summed E-state index contributed by atoms with van der Waals surface area (Å²) in [6.45, 7) is 2.07. The molecule has 7 heteroatoms. The number of carbonyl (C=O) groups is 3. The third kappa shape index (κ3) is 4.96. The van der Waals surface area contributed by atoms with E-state index in [2.05, 4.69) is 29.6 Å². The molecule has 156 valence electrons. The first-order chi connectivity index (χ1) is 13.9. The van der Waals surface area contributed by atoms with E-state index in [1.54, 1.807) is 11.8 Å². The van der Waals surface area contributed by atoms with Crippen LogP contribution in [0, 0.1) is 11.8 Å². The van der Waals surface area contributed by atoms with Crippen molar-refractivity contribution in [1.29, 1.82) is 0 Å². The summed E-state index contributed by atoms with van der Waals surface area (Å²) in [5.74, 6) is -2.28. The fourth-order valence-electron chi connectivity index (χ4n) is 4.34. The molecule has 1 aliphatic heterocycles. The Hall–Kier alpha value is -2.83. The van der Waals surface area contributed by atoms with E-state index in [1.165, 1.54) is 5.56 Å². The molecular formula is C22H28N2O5. The minimum Gasteiger partial charge on any atom is -0.511 e. The standard InChI is InChI=1S/C22H28N2O5/c1-14-12-24(22(29)19(20(14)27)21(28)23-11-18(25)26)13-15-7-9-17(10-8-15)16-5-3-2-4-6-16/h2-6,14-15,17,27H,7-13H2,1H3,(H,23,28)(H,25,26). The average Bonchev–Trinajstić information content (AvgIpc) is 2.72. The van der Waals surface area contributed by atoms with Crippen LogP contribution in [0.5, 0.6) is 0 Å². The van der Waals surface area contributed by atoms with Crippen LogP contribution in [0.2, 0.25) is 0 Å². The van der Waals surface area contributed by atoms with Gasteiger partial charge < -0.3 is 20.4 Å². The maximum Gasteiger partial charge on any atom is 0.322 e. The molecule has 0 saturated heterocycles. The minimum absolute atomic E-state index is 0.262. The summed E-state index contributed by atoms with van der Waals surface area (Å²) < 4.78 is 0. The van der Waals surface area contributed by atoms with Gasteiger partial charge in [-0.05, 0) is 43.1 Å². The molecule has 7 nitrogen and oxygen atoms in total. The van der Waals surface area contributed by atoms with Crippen LogP contribution in [0.3, 0.4) is 0 Å². The van der Waals surface area contributed by atoms with E-state index in [0.29, 0.717) is 24.9 Å². The van der Waals surface area contributed by atoms with Crippen molar-refractivity contribution in [3.8, 4) is 0 Å². The highest BCUT2D eigenvalue weighted by atomic mass is 16.4. The van der Waals surface area contributed by atoms with E-state index in [0.717, 1.165) is 25.7 Å². The topological polar surface area (TPSA) is 107 Å². The summed E-state index contributed by atoms with van der Waals surface area (Å²) in [6, 6.07) is 10.5. The van der Waals surface area contributed by atoms with Gasteiger partial charge in [-0.15, -0.1) is 0 Å². The van der Waals surface area contributed by atoms with Gasteiger partial charge in [0.15, 0.2) is 0 Å². The number of rotatable bonds is 6. The maximum atomic E-state index is 12.8. The Labute approximate surface area is 170 Å². The van der Waals surface area contributed by atoms with E-state index in [-0.39, 0.29) is 17.3 Å².